The van der Waals surface area contributed by atoms with Crippen molar-refractivity contribution in [3.63, 3.8) is 0 Å². The largest absolute Gasteiger partial charge is 0.419 e. The van der Waals surface area contributed by atoms with Crippen molar-refractivity contribution in [2.45, 2.75) is 151 Å². The monoisotopic (exact) mass is 1090 g/mol. The lowest BCUT2D eigenvalue weighted by Gasteiger charge is -2.48. The van der Waals surface area contributed by atoms with Crippen LogP contribution in [-0.2, 0) is 32.5 Å². The third kappa shape index (κ3) is 11.7. The molecule has 6 fully saturated rings. The van der Waals surface area contributed by atoms with E-state index in [1.54, 1.807) is 34.8 Å². The second-order valence-corrected chi connectivity index (χ2v) is 24.6. The van der Waals surface area contributed by atoms with Crippen LogP contribution >= 0.6 is 0 Å². The van der Waals surface area contributed by atoms with E-state index < -0.39 is 0 Å². The standard InChI is InChI=1S/C18H27N3O2.C16H20N2O2.C15H18N2O2.C13H14N2O3/c1-18(2)12-14(7-8-19-18)13-5-6-15-16(11-13)23-17(22)21(15)10-9-20(3)4;1-18-13-4-3-11(9-14(13)20-15(18)19)12-5-8-17-16(10-12)6-2-7-16;1-17-13-5-2-9(8-14(13)19-15(17)18)10-6-11-3-4-12(7-10)16-11;1-15-10-3-2-8(6-11(10)18-13(15)17)9-4-5-14-12(16)7-9/h5-6,11,14,19H,7-10,12H2,1-4H3;3-4,9,12,17H,2,5-8,10H2,1H3;2,5,8,10-12,16H,3-4,6-7H2,1H3;2-3,6,9H,4-5,7H2,1H3,(H,14,16). The van der Waals surface area contributed by atoms with E-state index in [1.165, 1.54) is 79.0 Å². The highest BCUT2D eigenvalue weighted by Crippen LogP contribution is 2.44. The van der Waals surface area contributed by atoms with E-state index in [9.17, 15) is 24.0 Å². The molecule has 18 heteroatoms. The quantitative estimate of drug-likeness (QED) is 0.119. The molecule has 4 aromatic carbocycles. The Balaban J connectivity index is 0.000000113. The molecule has 1 spiro atoms. The Morgan fingerprint density at radius 2 is 0.988 bits per heavy atom. The van der Waals surface area contributed by atoms with Crippen LogP contribution in [0.3, 0.4) is 0 Å². The van der Waals surface area contributed by atoms with Crippen molar-refractivity contribution in [1.29, 1.82) is 0 Å². The first-order chi connectivity index (χ1) is 38.4. The summed E-state index contributed by atoms with van der Waals surface area (Å²) in [5.41, 5.74) is 11.7. The van der Waals surface area contributed by atoms with Crippen molar-refractivity contribution in [2.75, 3.05) is 40.3 Å². The van der Waals surface area contributed by atoms with Crippen LogP contribution in [-0.4, -0.2) is 92.5 Å². The van der Waals surface area contributed by atoms with Crippen LogP contribution < -0.4 is 44.3 Å². The van der Waals surface area contributed by atoms with Gasteiger partial charge in [-0.25, -0.2) is 19.2 Å². The lowest BCUT2D eigenvalue weighted by Crippen LogP contribution is -2.55. The molecule has 426 valence electrons. The number of carbonyl (C=O) groups excluding carboxylic acids is 1. The van der Waals surface area contributed by atoms with Gasteiger partial charge in [0.05, 0.1) is 22.1 Å². The number of nitrogens with one attached hydrogen (secondary N) is 4. The normalized spacial score (nSPS) is 24.0. The number of amides is 1. The van der Waals surface area contributed by atoms with Crippen molar-refractivity contribution < 1.29 is 22.5 Å². The predicted octanol–water partition coefficient (Wildman–Crippen LogP) is 8.18. The number of aryl methyl sites for hydroxylation is 3. The molecule has 4 aromatic heterocycles. The fourth-order valence-corrected chi connectivity index (χ4v) is 13.5. The van der Waals surface area contributed by atoms with Crippen molar-refractivity contribution >= 4 is 50.3 Å². The maximum absolute atomic E-state index is 12.1. The molecule has 5 unspecified atom stereocenters. The molecule has 8 aromatic rings. The molecule has 5 aliphatic heterocycles. The number of hydrogen-bond acceptors (Lipinski definition) is 13. The molecule has 18 nitrogen and oxygen atoms in total. The zero-order valence-electron chi connectivity index (χ0n) is 47.5. The van der Waals surface area contributed by atoms with Gasteiger partial charge in [0, 0.05) is 70.4 Å². The van der Waals surface area contributed by atoms with Crippen LogP contribution in [0, 0.1) is 0 Å². The maximum atomic E-state index is 12.1. The summed E-state index contributed by atoms with van der Waals surface area (Å²) >= 11 is 0. The Morgan fingerprint density at radius 1 is 0.537 bits per heavy atom. The van der Waals surface area contributed by atoms with E-state index in [-0.39, 0.29) is 40.4 Å². The van der Waals surface area contributed by atoms with Gasteiger partial charge in [-0.1, -0.05) is 24.3 Å². The molecular formula is C62H79N9O9. The third-order valence-electron chi connectivity index (χ3n) is 18.3. The Morgan fingerprint density at radius 3 is 1.48 bits per heavy atom. The van der Waals surface area contributed by atoms with Crippen LogP contribution in [0.4, 0.5) is 0 Å². The van der Waals surface area contributed by atoms with E-state index in [2.05, 4.69) is 76.4 Å². The number of oxazole rings is 4. The predicted molar refractivity (Wildman–Crippen MR) is 311 cm³/mol. The average Bonchev–Trinajstić information content (AvgIpc) is 4.27. The molecule has 5 atom stereocenters. The Bertz CT molecular complexity index is 3770. The molecule has 2 bridgehead atoms. The summed E-state index contributed by atoms with van der Waals surface area (Å²) in [5.74, 6) is 0.837. The number of hydrogen-bond donors (Lipinski definition) is 4. The lowest BCUT2D eigenvalue weighted by atomic mass is 9.67. The number of piperidine rings is 4. The third-order valence-corrected chi connectivity index (χ3v) is 18.3. The highest BCUT2D eigenvalue weighted by molar-refractivity contribution is 5.79. The molecule has 14 rings (SSSR count). The van der Waals surface area contributed by atoms with Crippen LogP contribution in [0.15, 0.2) is 110 Å². The fourth-order valence-electron chi connectivity index (χ4n) is 13.5. The highest BCUT2D eigenvalue weighted by Gasteiger charge is 2.41. The molecule has 5 saturated heterocycles. The van der Waals surface area contributed by atoms with Gasteiger partial charge in [-0.05, 0) is 213 Å². The minimum Gasteiger partial charge on any atom is -0.408 e. The summed E-state index contributed by atoms with van der Waals surface area (Å²) in [6, 6.07) is 25.8. The van der Waals surface area contributed by atoms with Gasteiger partial charge in [-0.15, -0.1) is 0 Å². The highest BCUT2D eigenvalue weighted by atomic mass is 16.4. The number of likely N-dealkylation sites (N-methyl/N-ethyl adjacent to an activating group) is 1. The Kier molecular flexibility index (Phi) is 15.6. The van der Waals surface area contributed by atoms with Crippen LogP contribution in [0.1, 0.15) is 143 Å². The second kappa shape index (κ2) is 22.7. The van der Waals surface area contributed by atoms with Crippen LogP contribution in [0.2, 0.25) is 0 Å². The summed E-state index contributed by atoms with van der Waals surface area (Å²) in [7, 11) is 9.19. The van der Waals surface area contributed by atoms with E-state index in [0.29, 0.717) is 66.1 Å². The van der Waals surface area contributed by atoms with Gasteiger partial charge < -0.3 is 43.8 Å². The van der Waals surface area contributed by atoms with E-state index in [0.717, 1.165) is 77.7 Å². The topological polar surface area (TPSA) is 209 Å². The van der Waals surface area contributed by atoms with E-state index >= 15 is 0 Å². The van der Waals surface area contributed by atoms with Crippen LogP contribution in [0.5, 0.6) is 0 Å². The van der Waals surface area contributed by atoms with Gasteiger partial charge in [0.2, 0.25) is 5.91 Å². The zero-order chi connectivity index (χ0) is 56.0. The second-order valence-electron chi connectivity index (χ2n) is 24.6. The van der Waals surface area contributed by atoms with Crippen LogP contribution in [0.25, 0.3) is 44.4 Å². The average molecular weight is 1090 g/mol. The first kappa shape index (κ1) is 55.2. The number of rotatable bonds is 7. The molecule has 1 saturated carbocycles. The molecule has 1 amide bonds. The Hall–Kier alpha value is -6.73. The molecular weight excluding hydrogens is 1010 g/mol. The number of carbonyl (C=O) groups is 1. The molecule has 80 heavy (non-hydrogen) atoms. The molecule has 1 aliphatic carbocycles. The minimum atomic E-state index is -0.358. The van der Waals surface area contributed by atoms with Crippen molar-refractivity contribution in [3.8, 4) is 0 Å². The summed E-state index contributed by atoms with van der Waals surface area (Å²) in [5, 5.41) is 13.7. The summed E-state index contributed by atoms with van der Waals surface area (Å²) < 4.78 is 27.6. The smallest absolute Gasteiger partial charge is 0.408 e. The summed E-state index contributed by atoms with van der Waals surface area (Å²) in [6.45, 7) is 8.80. The van der Waals surface area contributed by atoms with Gasteiger partial charge >= 0.3 is 23.0 Å². The van der Waals surface area contributed by atoms with Gasteiger partial charge in [-0.3, -0.25) is 23.1 Å². The summed E-state index contributed by atoms with van der Waals surface area (Å²) in [4.78, 5) is 60.1. The molecule has 6 aliphatic rings. The molecule has 9 heterocycles. The minimum absolute atomic E-state index is 0.0841. The number of benzene rings is 4. The number of nitrogens with zero attached hydrogens (tertiary/aromatic N) is 5. The summed E-state index contributed by atoms with van der Waals surface area (Å²) in [6.07, 6.45) is 15.1. The van der Waals surface area contributed by atoms with Crippen molar-refractivity contribution in [2.24, 2.45) is 21.1 Å². The molecule has 4 N–H and O–H groups in total. The SMILES string of the molecule is CN(C)CCn1c(=O)oc2cc(C3CCNC(C)(C)C3)ccc21.Cn1c(=O)oc2cc(C3CC4CCC(C3)N4)ccc21.Cn1c(=O)oc2cc(C3CCNC(=O)C3)ccc21.Cn1c(=O)oc2cc(C3CCNC4(CCC4)C3)ccc21. The van der Waals surface area contributed by atoms with Gasteiger partial charge in [0.1, 0.15) is 0 Å². The number of fused-ring (bicyclic) bond motifs is 6. The van der Waals surface area contributed by atoms with E-state index in [1.807, 2.05) is 50.5 Å². The first-order valence-electron chi connectivity index (χ1n) is 29.0. The van der Waals surface area contributed by atoms with Gasteiger partial charge in [-0.2, -0.15) is 0 Å². The maximum Gasteiger partial charge on any atom is 0.419 e. The van der Waals surface area contributed by atoms with Gasteiger partial charge in [0.15, 0.2) is 22.3 Å². The first-order valence-corrected chi connectivity index (χ1v) is 29.0. The van der Waals surface area contributed by atoms with Crippen molar-refractivity contribution in [1.82, 2.24) is 44.4 Å². The fraction of sp³-hybridized carbons (Fsp3) is 0.532. The Labute approximate surface area is 464 Å². The van der Waals surface area contributed by atoms with Crippen molar-refractivity contribution in [3.05, 3.63) is 137 Å². The number of aromatic nitrogens is 4. The zero-order valence-corrected chi connectivity index (χ0v) is 47.5. The molecule has 0 radical (unpaired) electrons. The van der Waals surface area contributed by atoms with Gasteiger partial charge in [0.25, 0.3) is 0 Å². The van der Waals surface area contributed by atoms with E-state index in [4.69, 9.17) is 17.7 Å². The lowest BCUT2D eigenvalue weighted by molar-refractivity contribution is -0.122.